The van der Waals surface area contributed by atoms with Gasteiger partial charge in [0.1, 0.15) is 11.2 Å². The van der Waals surface area contributed by atoms with Crippen molar-refractivity contribution in [3.63, 3.8) is 0 Å². The molecule has 43 heavy (non-hydrogen) atoms. The first-order valence-corrected chi connectivity index (χ1v) is 14.3. The van der Waals surface area contributed by atoms with Crippen LogP contribution in [0.2, 0.25) is 0 Å². The van der Waals surface area contributed by atoms with E-state index in [9.17, 15) is 14.4 Å². The molecule has 0 radical (unpaired) electrons. The molecule has 1 atom stereocenters. The number of hydrogen-bond donors (Lipinski definition) is 3. The van der Waals surface area contributed by atoms with Crippen molar-refractivity contribution in [1.82, 2.24) is 16.0 Å². The van der Waals surface area contributed by atoms with E-state index in [0.29, 0.717) is 13.0 Å². The topological polar surface area (TPSA) is 118 Å². The van der Waals surface area contributed by atoms with Crippen molar-refractivity contribution in [3.05, 3.63) is 107 Å². The lowest BCUT2D eigenvalue weighted by molar-refractivity contribution is -0.122. The predicted octanol–water partition coefficient (Wildman–Crippen LogP) is 6.23. The molecule has 0 aliphatic heterocycles. The smallest absolute Gasteiger partial charge is 0.414 e. The van der Waals surface area contributed by atoms with Gasteiger partial charge in [-0.15, -0.1) is 0 Å². The molecule has 0 spiro atoms. The van der Waals surface area contributed by atoms with Crippen molar-refractivity contribution in [1.29, 1.82) is 0 Å². The van der Waals surface area contributed by atoms with E-state index in [1.54, 1.807) is 41.5 Å². The number of rotatable bonds is 8. The molecule has 0 aromatic heterocycles. The Morgan fingerprint density at radius 1 is 0.698 bits per heavy atom. The van der Waals surface area contributed by atoms with E-state index in [4.69, 9.17) is 9.47 Å². The Morgan fingerprint density at radius 3 is 1.77 bits per heavy atom. The van der Waals surface area contributed by atoms with Crippen LogP contribution in [0.3, 0.4) is 0 Å². The van der Waals surface area contributed by atoms with Gasteiger partial charge in [-0.3, -0.25) is 15.4 Å². The van der Waals surface area contributed by atoms with Crippen LogP contribution >= 0.6 is 0 Å². The molecule has 9 heteroatoms. The Kier molecular flexibility index (Phi) is 11.5. The lowest BCUT2D eigenvalue weighted by Gasteiger charge is -2.22. The lowest BCUT2D eigenvalue weighted by Crippen LogP contribution is -2.47. The van der Waals surface area contributed by atoms with Gasteiger partial charge in [-0.05, 0) is 70.2 Å². The van der Waals surface area contributed by atoms with Gasteiger partial charge in [-0.2, -0.15) is 0 Å². The number of guanidine groups is 1. The van der Waals surface area contributed by atoms with Gasteiger partial charge in [0, 0.05) is 6.54 Å². The van der Waals surface area contributed by atoms with Gasteiger partial charge >= 0.3 is 12.2 Å². The van der Waals surface area contributed by atoms with Crippen molar-refractivity contribution in [2.75, 3.05) is 0 Å². The lowest BCUT2D eigenvalue weighted by atomic mass is 9.91. The van der Waals surface area contributed by atoms with Crippen LogP contribution in [-0.2, 0) is 33.8 Å². The Bertz CT molecular complexity index is 1360. The zero-order valence-electron chi connectivity index (χ0n) is 25.8. The molecule has 3 aromatic carbocycles. The average Bonchev–Trinajstić information content (AvgIpc) is 2.92. The maximum atomic E-state index is 13.4. The molecule has 3 rings (SSSR count). The highest BCUT2D eigenvalue weighted by atomic mass is 16.6. The molecule has 0 saturated carbocycles. The third-order valence-electron chi connectivity index (χ3n) is 5.92. The van der Waals surface area contributed by atoms with Gasteiger partial charge < -0.3 is 14.8 Å². The number of benzene rings is 3. The zero-order chi connectivity index (χ0) is 31.5. The summed E-state index contributed by atoms with van der Waals surface area (Å²) in [7, 11) is 0. The van der Waals surface area contributed by atoms with Gasteiger partial charge in [0.25, 0.3) is 0 Å². The van der Waals surface area contributed by atoms with E-state index in [1.807, 2.05) is 84.9 Å². The number of nitrogens with zero attached hydrogens (tertiary/aromatic N) is 1. The fraction of sp³-hybridized carbons (Fsp3) is 0.353. The maximum absolute atomic E-state index is 13.4. The van der Waals surface area contributed by atoms with Gasteiger partial charge in [-0.1, -0.05) is 84.9 Å². The fourth-order valence-electron chi connectivity index (χ4n) is 4.13. The average molecular weight is 587 g/mol. The van der Waals surface area contributed by atoms with E-state index in [1.165, 1.54) is 0 Å². The molecule has 1 unspecified atom stereocenters. The largest absolute Gasteiger partial charge is 0.444 e. The van der Waals surface area contributed by atoms with Gasteiger partial charge in [0.15, 0.2) is 0 Å². The molecule has 3 amide bonds. The highest BCUT2D eigenvalue weighted by Crippen LogP contribution is 2.22. The Balaban J connectivity index is 1.70. The van der Waals surface area contributed by atoms with E-state index in [0.717, 1.165) is 22.3 Å². The summed E-state index contributed by atoms with van der Waals surface area (Å²) in [6, 6.07) is 27.3. The van der Waals surface area contributed by atoms with Crippen LogP contribution in [0.4, 0.5) is 9.59 Å². The number of carbonyl (C=O) groups excluding carboxylic acids is 3. The molecule has 0 fully saturated rings. The van der Waals surface area contributed by atoms with Gasteiger partial charge in [0.2, 0.25) is 11.9 Å². The highest BCUT2D eigenvalue weighted by molar-refractivity contribution is 6.01. The molecule has 0 saturated heterocycles. The van der Waals surface area contributed by atoms with E-state index < -0.39 is 23.4 Å². The van der Waals surface area contributed by atoms with E-state index in [2.05, 4.69) is 20.9 Å². The van der Waals surface area contributed by atoms with Crippen LogP contribution in [0.15, 0.2) is 89.9 Å². The molecule has 228 valence electrons. The van der Waals surface area contributed by atoms with Crippen LogP contribution in [0.25, 0.3) is 0 Å². The number of nitrogens with one attached hydrogen (secondary N) is 3. The second-order valence-corrected chi connectivity index (χ2v) is 12.1. The Labute approximate surface area is 254 Å². The summed E-state index contributed by atoms with van der Waals surface area (Å²) in [5, 5.41) is 8.05. The number of aliphatic imine (C=N–C) groups is 1. The molecule has 0 aliphatic rings. The first kappa shape index (κ1) is 32.8. The minimum atomic E-state index is -0.762. The second kappa shape index (κ2) is 15.0. The third-order valence-corrected chi connectivity index (χ3v) is 5.92. The van der Waals surface area contributed by atoms with Crippen molar-refractivity contribution in [2.24, 2.45) is 4.99 Å². The summed E-state index contributed by atoms with van der Waals surface area (Å²) >= 11 is 0. The number of ether oxygens (including phenoxy) is 2. The number of carbonyl (C=O) groups is 3. The first-order valence-electron chi connectivity index (χ1n) is 14.3. The van der Waals surface area contributed by atoms with Crippen LogP contribution < -0.4 is 16.0 Å². The standard InChI is InChI=1S/C34H42N4O5/c1-33(2,3)42-31(40)37-30(38-32(41)43-34(4,5)6)36-23-26-17-13-16-25(20-26)22-35-29(39)28(27-18-11-8-12-19-27)21-24-14-9-7-10-15-24/h7-20,28H,21-23H2,1-6H3,(H,35,39)(H2,36,37,38,40,41). The molecule has 0 bridgehead atoms. The summed E-state index contributed by atoms with van der Waals surface area (Å²) in [6.07, 6.45) is -0.937. The number of amides is 3. The van der Waals surface area contributed by atoms with Gasteiger partial charge in [-0.25, -0.2) is 14.6 Å². The van der Waals surface area contributed by atoms with Crippen LogP contribution in [0.5, 0.6) is 0 Å². The molecule has 0 heterocycles. The summed E-state index contributed by atoms with van der Waals surface area (Å²) in [5.74, 6) is -0.505. The van der Waals surface area contributed by atoms with Crippen molar-refractivity contribution in [3.8, 4) is 0 Å². The summed E-state index contributed by atoms with van der Waals surface area (Å²) in [6.45, 7) is 10.9. The zero-order valence-corrected chi connectivity index (χ0v) is 25.8. The van der Waals surface area contributed by atoms with Crippen LogP contribution in [-0.4, -0.2) is 35.3 Å². The number of hydrogen-bond acceptors (Lipinski definition) is 6. The molecular formula is C34H42N4O5. The molecule has 9 nitrogen and oxygen atoms in total. The van der Waals surface area contributed by atoms with E-state index in [-0.39, 0.29) is 24.3 Å². The van der Waals surface area contributed by atoms with Crippen molar-refractivity contribution < 1.29 is 23.9 Å². The normalized spacial score (nSPS) is 12.0. The quantitative estimate of drug-likeness (QED) is 0.214. The molecule has 3 N–H and O–H groups in total. The summed E-state index contributed by atoms with van der Waals surface area (Å²) < 4.78 is 10.6. The third kappa shape index (κ3) is 12.4. The Hall–Kier alpha value is -4.66. The predicted molar refractivity (Wildman–Crippen MR) is 167 cm³/mol. The summed E-state index contributed by atoms with van der Waals surface area (Å²) in [5.41, 5.74) is 2.26. The van der Waals surface area contributed by atoms with Crippen molar-refractivity contribution in [2.45, 2.75) is 78.2 Å². The minimum Gasteiger partial charge on any atom is -0.444 e. The summed E-state index contributed by atoms with van der Waals surface area (Å²) in [4.78, 5) is 42.5. The SMILES string of the molecule is CC(C)(C)OC(=O)NC(=NCc1cccc(CNC(=O)C(Cc2ccccc2)c2ccccc2)c1)NC(=O)OC(C)(C)C. The maximum Gasteiger partial charge on any atom is 0.414 e. The second-order valence-electron chi connectivity index (χ2n) is 12.1. The van der Waals surface area contributed by atoms with E-state index >= 15 is 0 Å². The van der Waals surface area contributed by atoms with Crippen molar-refractivity contribution >= 4 is 24.1 Å². The number of alkyl carbamates (subject to hydrolysis) is 2. The fourth-order valence-corrected chi connectivity index (χ4v) is 4.13. The molecule has 3 aromatic rings. The van der Waals surface area contributed by atoms with Crippen LogP contribution in [0.1, 0.15) is 69.7 Å². The van der Waals surface area contributed by atoms with Crippen LogP contribution in [0, 0.1) is 0 Å². The first-order chi connectivity index (χ1) is 20.3. The minimum absolute atomic E-state index is 0.0658. The highest BCUT2D eigenvalue weighted by Gasteiger charge is 2.22. The molecule has 0 aliphatic carbocycles. The monoisotopic (exact) mass is 586 g/mol. The Morgan fingerprint density at radius 2 is 1.21 bits per heavy atom. The van der Waals surface area contributed by atoms with Gasteiger partial charge in [0.05, 0.1) is 12.5 Å². The molecular weight excluding hydrogens is 544 g/mol.